The maximum atomic E-state index is 12.2. The molecule has 1 atom stereocenters. The van der Waals surface area contributed by atoms with Crippen LogP contribution in [0.4, 0.5) is 0 Å². The minimum Gasteiger partial charge on any atom is -0.381 e. The summed E-state index contributed by atoms with van der Waals surface area (Å²) in [5, 5.41) is 9.67. The zero-order valence-corrected chi connectivity index (χ0v) is 11.0. The minimum atomic E-state index is -0.138. The van der Waals surface area contributed by atoms with E-state index in [1.807, 2.05) is 12.1 Å². The van der Waals surface area contributed by atoms with Gasteiger partial charge in [0.25, 0.3) is 5.91 Å². The fourth-order valence-corrected chi connectivity index (χ4v) is 2.28. The maximum absolute atomic E-state index is 12.2. The zero-order chi connectivity index (χ0) is 13.8. The summed E-state index contributed by atoms with van der Waals surface area (Å²) in [6.07, 6.45) is 6.04. The Morgan fingerprint density at radius 2 is 2.30 bits per heavy atom. The zero-order valence-electron chi connectivity index (χ0n) is 11.0. The molecule has 1 unspecified atom stereocenters. The van der Waals surface area contributed by atoms with Crippen molar-refractivity contribution in [2.24, 2.45) is 5.92 Å². The lowest BCUT2D eigenvalue weighted by Crippen LogP contribution is -2.30. The van der Waals surface area contributed by atoms with E-state index in [1.54, 1.807) is 18.6 Å². The van der Waals surface area contributed by atoms with Gasteiger partial charge >= 0.3 is 0 Å². The van der Waals surface area contributed by atoms with Crippen molar-refractivity contribution in [3.05, 3.63) is 36.4 Å². The Bertz CT molecular complexity index is 576. The van der Waals surface area contributed by atoms with Crippen LogP contribution in [0, 0.1) is 5.92 Å². The van der Waals surface area contributed by atoms with E-state index in [0.717, 1.165) is 30.8 Å². The molecule has 3 rings (SSSR count). The molecule has 6 heteroatoms. The summed E-state index contributed by atoms with van der Waals surface area (Å²) >= 11 is 0. The molecule has 6 nitrogen and oxygen atoms in total. The van der Waals surface area contributed by atoms with Crippen LogP contribution in [-0.2, 0) is 4.74 Å². The quantitative estimate of drug-likeness (QED) is 0.877. The first-order chi connectivity index (χ1) is 9.84. The molecule has 1 aliphatic rings. The molecule has 0 saturated carbocycles. The fourth-order valence-electron chi connectivity index (χ4n) is 2.28. The lowest BCUT2D eigenvalue weighted by Gasteiger charge is -2.09. The number of carbonyl (C=O) groups excluding carboxylic acids is 1. The molecule has 2 aromatic heterocycles. The van der Waals surface area contributed by atoms with Crippen molar-refractivity contribution in [3.63, 3.8) is 0 Å². The molecule has 104 valence electrons. The molecule has 0 radical (unpaired) electrons. The second kappa shape index (κ2) is 5.83. The van der Waals surface area contributed by atoms with Crippen LogP contribution >= 0.6 is 0 Å². The number of pyridine rings is 1. The summed E-state index contributed by atoms with van der Waals surface area (Å²) in [7, 11) is 0. The molecule has 1 saturated heterocycles. The summed E-state index contributed by atoms with van der Waals surface area (Å²) < 4.78 is 5.29. The predicted molar refractivity (Wildman–Crippen MR) is 73.1 cm³/mol. The third kappa shape index (κ3) is 2.70. The van der Waals surface area contributed by atoms with Gasteiger partial charge in [0.05, 0.1) is 12.8 Å². The normalized spacial score (nSPS) is 18.1. The summed E-state index contributed by atoms with van der Waals surface area (Å²) in [4.78, 5) is 16.2. The first-order valence-corrected chi connectivity index (χ1v) is 6.64. The van der Waals surface area contributed by atoms with Gasteiger partial charge in [-0.15, -0.1) is 0 Å². The number of nitrogens with zero attached hydrogens (tertiary/aromatic N) is 2. The molecule has 2 N–H and O–H groups in total. The van der Waals surface area contributed by atoms with Crippen molar-refractivity contribution >= 4 is 5.91 Å². The highest BCUT2D eigenvalue weighted by Crippen LogP contribution is 2.21. The minimum absolute atomic E-state index is 0.138. The molecule has 1 aliphatic heterocycles. The number of ether oxygens (including phenoxy) is 1. The first kappa shape index (κ1) is 12.8. The van der Waals surface area contributed by atoms with Gasteiger partial charge in [0.2, 0.25) is 0 Å². The number of hydrogen-bond acceptors (Lipinski definition) is 4. The van der Waals surface area contributed by atoms with Gasteiger partial charge in [-0.1, -0.05) is 0 Å². The first-order valence-electron chi connectivity index (χ1n) is 6.64. The Labute approximate surface area is 116 Å². The molecular weight excluding hydrogens is 256 g/mol. The van der Waals surface area contributed by atoms with E-state index >= 15 is 0 Å². The number of aromatic amines is 1. The van der Waals surface area contributed by atoms with Crippen LogP contribution in [0.2, 0.25) is 0 Å². The molecular formula is C14H16N4O2. The van der Waals surface area contributed by atoms with Gasteiger partial charge in [-0.2, -0.15) is 5.10 Å². The van der Waals surface area contributed by atoms with E-state index in [-0.39, 0.29) is 5.91 Å². The molecule has 0 aliphatic carbocycles. The van der Waals surface area contributed by atoms with Gasteiger partial charge in [0, 0.05) is 37.0 Å². The van der Waals surface area contributed by atoms with Crippen molar-refractivity contribution in [3.8, 4) is 11.1 Å². The van der Waals surface area contributed by atoms with Gasteiger partial charge in [-0.25, -0.2) is 0 Å². The molecule has 0 aromatic carbocycles. The Morgan fingerprint density at radius 3 is 3.05 bits per heavy atom. The lowest BCUT2D eigenvalue weighted by molar-refractivity contribution is 0.0940. The van der Waals surface area contributed by atoms with Crippen LogP contribution in [0.1, 0.15) is 16.9 Å². The Morgan fingerprint density at radius 1 is 1.45 bits per heavy atom. The van der Waals surface area contributed by atoms with E-state index in [1.165, 1.54) is 0 Å². The number of nitrogens with one attached hydrogen (secondary N) is 2. The van der Waals surface area contributed by atoms with Gasteiger partial charge < -0.3 is 10.1 Å². The highest BCUT2D eigenvalue weighted by Gasteiger charge is 2.19. The van der Waals surface area contributed by atoms with Crippen LogP contribution in [0.5, 0.6) is 0 Å². The van der Waals surface area contributed by atoms with Crippen LogP contribution in [-0.4, -0.2) is 40.8 Å². The van der Waals surface area contributed by atoms with Crippen molar-refractivity contribution in [1.29, 1.82) is 0 Å². The van der Waals surface area contributed by atoms with E-state index < -0.39 is 0 Å². The Hall–Kier alpha value is -2.21. The molecule has 1 amide bonds. The van der Waals surface area contributed by atoms with E-state index in [9.17, 15) is 4.79 Å². The van der Waals surface area contributed by atoms with Crippen LogP contribution in [0.3, 0.4) is 0 Å². The van der Waals surface area contributed by atoms with E-state index in [4.69, 9.17) is 4.74 Å². The average Bonchev–Trinajstić information content (AvgIpc) is 3.17. The third-order valence-corrected chi connectivity index (χ3v) is 3.43. The molecule has 20 heavy (non-hydrogen) atoms. The standard InChI is InChI=1S/C14H16N4O2/c19-14(16-7-10-3-6-20-9-10)13-12(8-17-18-13)11-1-4-15-5-2-11/h1-2,4-5,8,10H,3,6-7,9H2,(H,16,19)(H,17,18). The largest absolute Gasteiger partial charge is 0.381 e. The average molecular weight is 272 g/mol. The molecule has 0 bridgehead atoms. The topological polar surface area (TPSA) is 79.9 Å². The number of hydrogen-bond donors (Lipinski definition) is 2. The predicted octanol–water partition coefficient (Wildman–Crippen LogP) is 1.24. The van der Waals surface area contributed by atoms with Crippen molar-refractivity contribution in [2.75, 3.05) is 19.8 Å². The monoisotopic (exact) mass is 272 g/mol. The van der Waals surface area contributed by atoms with Crippen LogP contribution in [0.25, 0.3) is 11.1 Å². The summed E-state index contributed by atoms with van der Waals surface area (Å²) in [6.45, 7) is 2.14. The van der Waals surface area contributed by atoms with Gasteiger partial charge in [0.1, 0.15) is 5.69 Å². The molecule has 2 aromatic rings. The molecule has 0 spiro atoms. The Balaban J connectivity index is 1.70. The second-order valence-corrected chi connectivity index (χ2v) is 4.83. The lowest BCUT2D eigenvalue weighted by atomic mass is 10.1. The fraction of sp³-hybridized carbons (Fsp3) is 0.357. The number of rotatable bonds is 4. The van der Waals surface area contributed by atoms with Crippen LogP contribution in [0.15, 0.2) is 30.7 Å². The maximum Gasteiger partial charge on any atom is 0.269 e. The Kier molecular flexibility index (Phi) is 3.73. The van der Waals surface area contributed by atoms with Crippen molar-refractivity contribution in [1.82, 2.24) is 20.5 Å². The highest BCUT2D eigenvalue weighted by atomic mass is 16.5. The van der Waals surface area contributed by atoms with E-state index in [2.05, 4.69) is 20.5 Å². The number of carbonyl (C=O) groups is 1. The third-order valence-electron chi connectivity index (χ3n) is 3.43. The second-order valence-electron chi connectivity index (χ2n) is 4.83. The number of H-pyrrole nitrogens is 1. The summed E-state index contributed by atoms with van der Waals surface area (Å²) in [5.74, 6) is 0.271. The SMILES string of the molecule is O=C(NCC1CCOC1)c1[nH]ncc1-c1ccncc1. The van der Waals surface area contributed by atoms with Gasteiger partial charge in [0.15, 0.2) is 0 Å². The van der Waals surface area contributed by atoms with Gasteiger partial charge in [-0.3, -0.25) is 14.9 Å². The number of aromatic nitrogens is 3. The van der Waals surface area contributed by atoms with Gasteiger partial charge in [-0.05, 0) is 24.1 Å². The van der Waals surface area contributed by atoms with Crippen molar-refractivity contribution in [2.45, 2.75) is 6.42 Å². The summed E-state index contributed by atoms with van der Waals surface area (Å²) in [6, 6.07) is 3.71. The van der Waals surface area contributed by atoms with Crippen LogP contribution < -0.4 is 5.32 Å². The molecule has 1 fully saturated rings. The summed E-state index contributed by atoms with van der Waals surface area (Å²) in [5.41, 5.74) is 2.19. The van der Waals surface area contributed by atoms with Crippen molar-refractivity contribution < 1.29 is 9.53 Å². The molecule has 3 heterocycles. The smallest absolute Gasteiger partial charge is 0.269 e. The van der Waals surface area contributed by atoms with E-state index in [0.29, 0.717) is 18.2 Å². The number of amides is 1. The highest BCUT2D eigenvalue weighted by molar-refractivity contribution is 5.98.